The predicted molar refractivity (Wildman–Crippen MR) is 93.1 cm³/mol. The first-order valence-corrected chi connectivity index (χ1v) is 10.0. The topological polar surface area (TPSA) is 127 Å². The molecule has 0 aliphatic heterocycles. The summed E-state index contributed by atoms with van der Waals surface area (Å²) in [5.41, 5.74) is 11.1. The van der Waals surface area contributed by atoms with Crippen molar-refractivity contribution in [2.45, 2.75) is 69.2 Å². The van der Waals surface area contributed by atoms with Gasteiger partial charge in [-0.05, 0) is 6.42 Å². The summed E-state index contributed by atoms with van der Waals surface area (Å²) >= 11 is 0. The first-order chi connectivity index (χ1) is 10.4. The molecule has 0 aromatic heterocycles. The van der Waals surface area contributed by atoms with Crippen molar-refractivity contribution in [2.24, 2.45) is 11.5 Å². The average Bonchev–Trinajstić information content (AvgIpc) is 2.47. The van der Waals surface area contributed by atoms with E-state index in [4.69, 9.17) is 21.7 Å². The molecule has 0 aliphatic carbocycles. The lowest BCUT2D eigenvalue weighted by Gasteiger charge is -2.20. The van der Waals surface area contributed by atoms with E-state index in [0.29, 0.717) is 0 Å². The Hall–Kier alpha value is -0.440. The summed E-state index contributed by atoms with van der Waals surface area (Å²) in [6.07, 6.45) is 7.53. The molecule has 6 nitrogen and oxygen atoms in total. The number of hydrogen-bond acceptors (Lipinski definition) is 6. The zero-order valence-corrected chi connectivity index (χ0v) is 14.7. The van der Waals surface area contributed by atoms with E-state index in [2.05, 4.69) is 6.92 Å². The van der Waals surface area contributed by atoms with Crippen LogP contribution in [0.25, 0.3) is 0 Å². The van der Waals surface area contributed by atoms with Crippen molar-refractivity contribution < 1.29 is 19.8 Å². The van der Waals surface area contributed by atoms with E-state index >= 15 is 0 Å². The lowest BCUT2D eigenvalue weighted by atomic mass is 10.1. The highest BCUT2D eigenvalue weighted by Gasteiger charge is 2.25. The molecule has 130 valence electrons. The number of aliphatic carboxylic acids is 2. The molecule has 0 rings (SSSR count). The highest BCUT2D eigenvalue weighted by Crippen LogP contribution is 2.32. The molecule has 0 amide bonds. The third kappa shape index (κ3) is 10.3. The molecule has 22 heavy (non-hydrogen) atoms. The van der Waals surface area contributed by atoms with Crippen LogP contribution in [0.5, 0.6) is 0 Å². The molecule has 0 aromatic carbocycles. The van der Waals surface area contributed by atoms with Crippen LogP contribution in [0.2, 0.25) is 0 Å². The number of unbranched alkanes of at least 4 members (excludes halogenated alkanes) is 5. The van der Waals surface area contributed by atoms with Gasteiger partial charge in [0.25, 0.3) is 0 Å². The number of nitrogens with two attached hydrogens (primary N) is 2. The van der Waals surface area contributed by atoms with Gasteiger partial charge in [0.2, 0.25) is 0 Å². The molecule has 0 bridgehead atoms. The van der Waals surface area contributed by atoms with E-state index in [0.717, 1.165) is 25.7 Å². The van der Waals surface area contributed by atoms with Crippen molar-refractivity contribution in [3.05, 3.63) is 0 Å². The van der Waals surface area contributed by atoms with Gasteiger partial charge in [-0.1, -0.05) is 67.0 Å². The normalized spacial score (nSPS) is 15.2. The van der Waals surface area contributed by atoms with Crippen LogP contribution in [0.3, 0.4) is 0 Å². The lowest BCUT2D eigenvalue weighted by molar-refractivity contribution is -0.139. The second kappa shape index (κ2) is 13.0. The highest BCUT2D eigenvalue weighted by molar-refractivity contribution is 8.77. The highest BCUT2D eigenvalue weighted by atomic mass is 33.1. The first kappa shape index (κ1) is 21.6. The van der Waals surface area contributed by atoms with Gasteiger partial charge in [-0.3, -0.25) is 9.59 Å². The van der Waals surface area contributed by atoms with Crippen LogP contribution >= 0.6 is 21.6 Å². The molecule has 0 heterocycles. The van der Waals surface area contributed by atoms with E-state index in [1.807, 2.05) is 0 Å². The van der Waals surface area contributed by atoms with Crippen LogP contribution in [-0.4, -0.2) is 45.2 Å². The zero-order valence-electron chi connectivity index (χ0n) is 13.1. The summed E-state index contributed by atoms with van der Waals surface area (Å²) in [5, 5.41) is 17.6. The van der Waals surface area contributed by atoms with Gasteiger partial charge in [0.1, 0.15) is 12.1 Å². The van der Waals surface area contributed by atoms with E-state index in [9.17, 15) is 9.59 Å². The second-order valence-corrected chi connectivity index (χ2v) is 7.94. The molecule has 0 radical (unpaired) electrons. The standard InChI is InChI=1S/C14H28N2O4S2/c1-2-3-4-5-6-7-8-11(12(16)14(19)20)22-21-9-10(15)13(17)18/h10-12H,2-9,15-16H2,1H3,(H,17,18)(H,19,20). The van der Waals surface area contributed by atoms with Crippen LogP contribution in [0, 0.1) is 0 Å². The summed E-state index contributed by atoms with van der Waals surface area (Å²) < 4.78 is 0. The van der Waals surface area contributed by atoms with Gasteiger partial charge in [-0.25, -0.2) is 0 Å². The summed E-state index contributed by atoms with van der Waals surface area (Å²) in [6.45, 7) is 2.16. The van der Waals surface area contributed by atoms with Crippen LogP contribution in [0.4, 0.5) is 0 Å². The van der Waals surface area contributed by atoms with Crippen LogP contribution < -0.4 is 11.5 Å². The van der Waals surface area contributed by atoms with Gasteiger partial charge in [-0.2, -0.15) is 0 Å². The predicted octanol–water partition coefficient (Wildman–Crippen LogP) is 2.31. The Morgan fingerprint density at radius 3 is 2.14 bits per heavy atom. The Morgan fingerprint density at radius 2 is 1.59 bits per heavy atom. The van der Waals surface area contributed by atoms with Gasteiger partial charge in [-0.15, -0.1) is 0 Å². The van der Waals surface area contributed by atoms with Gasteiger partial charge in [0.15, 0.2) is 0 Å². The molecule has 3 unspecified atom stereocenters. The maximum atomic E-state index is 11.1. The average molecular weight is 353 g/mol. The van der Waals surface area contributed by atoms with Gasteiger partial charge >= 0.3 is 11.9 Å². The molecule has 3 atom stereocenters. The minimum absolute atomic E-state index is 0.227. The number of rotatable bonds is 14. The Kier molecular flexibility index (Phi) is 12.8. The Labute approximate surface area is 140 Å². The SMILES string of the molecule is CCCCCCCCC(SSCC(N)C(=O)O)C(N)C(=O)O. The van der Waals surface area contributed by atoms with Crippen LogP contribution in [0.1, 0.15) is 51.9 Å². The first-order valence-electron chi connectivity index (χ1n) is 7.65. The van der Waals surface area contributed by atoms with Crippen molar-refractivity contribution in [3.63, 3.8) is 0 Å². The number of hydrogen-bond donors (Lipinski definition) is 4. The molecule has 0 saturated carbocycles. The zero-order chi connectivity index (χ0) is 17.0. The fraction of sp³-hybridized carbons (Fsp3) is 0.857. The number of carbonyl (C=O) groups is 2. The van der Waals surface area contributed by atoms with Crippen molar-refractivity contribution in [1.29, 1.82) is 0 Å². The molecule has 6 N–H and O–H groups in total. The van der Waals surface area contributed by atoms with Crippen molar-refractivity contribution in [1.82, 2.24) is 0 Å². The Balaban J connectivity index is 4.10. The number of carboxylic acids is 2. The lowest BCUT2D eigenvalue weighted by Crippen LogP contribution is -2.40. The summed E-state index contributed by atoms with van der Waals surface area (Å²) in [5.74, 6) is -1.84. The summed E-state index contributed by atoms with van der Waals surface area (Å²) in [7, 11) is 2.62. The molecule has 0 aliphatic rings. The van der Waals surface area contributed by atoms with E-state index < -0.39 is 24.0 Å². The Bertz CT molecular complexity index is 332. The quantitative estimate of drug-likeness (QED) is 0.277. The fourth-order valence-corrected chi connectivity index (χ4v) is 4.73. The van der Waals surface area contributed by atoms with Crippen LogP contribution in [0.15, 0.2) is 0 Å². The van der Waals surface area contributed by atoms with Crippen molar-refractivity contribution >= 4 is 33.5 Å². The monoisotopic (exact) mass is 352 g/mol. The molecule has 0 fully saturated rings. The van der Waals surface area contributed by atoms with Gasteiger partial charge < -0.3 is 21.7 Å². The molecule has 8 heteroatoms. The third-order valence-corrected chi connectivity index (χ3v) is 6.25. The molecular weight excluding hydrogens is 324 g/mol. The maximum Gasteiger partial charge on any atom is 0.321 e. The molecule has 0 saturated heterocycles. The van der Waals surface area contributed by atoms with Gasteiger partial charge in [0, 0.05) is 11.0 Å². The van der Waals surface area contributed by atoms with E-state index in [1.165, 1.54) is 40.9 Å². The van der Waals surface area contributed by atoms with E-state index in [-0.39, 0.29) is 11.0 Å². The number of carboxylic acid groups (broad SMARTS) is 2. The minimum atomic E-state index is -1.05. The Morgan fingerprint density at radius 1 is 1.00 bits per heavy atom. The molecule has 0 aromatic rings. The minimum Gasteiger partial charge on any atom is -0.480 e. The van der Waals surface area contributed by atoms with Crippen LogP contribution in [-0.2, 0) is 9.59 Å². The largest absolute Gasteiger partial charge is 0.480 e. The van der Waals surface area contributed by atoms with Crippen molar-refractivity contribution in [3.8, 4) is 0 Å². The fourth-order valence-electron chi connectivity index (χ4n) is 1.84. The smallest absolute Gasteiger partial charge is 0.321 e. The maximum absolute atomic E-state index is 11.1. The summed E-state index contributed by atoms with van der Waals surface area (Å²) in [4.78, 5) is 21.7. The van der Waals surface area contributed by atoms with Gasteiger partial charge in [0.05, 0.1) is 0 Å². The summed E-state index contributed by atoms with van der Waals surface area (Å²) in [6, 6.07) is -1.87. The molecular formula is C14H28N2O4S2. The van der Waals surface area contributed by atoms with Crippen molar-refractivity contribution in [2.75, 3.05) is 5.75 Å². The molecule has 0 spiro atoms. The second-order valence-electron chi connectivity index (χ2n) is 5.28. The van der Waals surface area contributed by atoms with E-state index in [1.54, 1.807) is 0 Å². The third-order valence-electron chi connectivity index (χ3n) is 3.28.